The molecule has 1 saturated heterocycles. The number of carbonyl (C=O) groups excluding carboxylic acids is 3. The van der Waals surface area contributed by atoms with Gasteiger partial charge in [0, 0.05) is 22.7 Å². The predicted molar refractivity (Wildman–Crippen MR) is 134 cm³/mol. The number of nitro groups is 1. The molecule has 3 aromatic rings. The molecule has 0 saturated carbocycles. The maximum atomic E-state index is 13.3. The number of halogens is 1. The van der Waals surface area contributed by atoms with Crippen molar-refractivity contribution in [1.82, 2.24) is 5.32 Å². The number of nitrogens with one attached hydrogen (secondary N) is 1. The standard InChI is InChI=1S/C26H20ClN3O6/c1-15-3-4-16(2)22(11-15)29-25(32)21(24(31)28-26(29)33)13-18-12-19(27)7-10-23(18)36-14-17-5-8-20(9-6-17)30(34)35/h3-13H,14H2,1-2H3,(H,28,31,33)/b21-13+. The van der Waals surface area contributed by atoms with Crippen LogP contribution in [0.3, 0.4) is 0 Å². The van der Waals surface area contributed by atoms with Crippen LogP contribution in [0.15, 0.2) is 66.2 Å². The van der Waals surface area contributed by atoms with Gasteiger partial charge in [0.2, 0.25) is 0 Å². The fraction of sp³-hybridized carbons (Fsp3) is 0.115. The van der Waals surface area contributed by atoms with E-state index in [0.717, 1.165) is 10.5 Å². The average Bonchev–Trinajstić information content (AvgIpc) is 2.83. The van der Waals surface area contributed by atoms with Gasteiger partial charge in [-0.2, -0.15) is 0 Å². The molecular weight excluding hydrogens is 486 g/mol. The lowest BCUT2D eigenvalue weighted by atomic mass is 10.0. The summed E-state index contributed by atoms with van der Waals surface area (Å²) in [5.41, 5.74) is 2.61. The third-order valence-corrected chi connectivity index (χ3v) is 5.76. The van der Waals surface area contributed by atoms with E-state index in [1.54, 1.807) is 43.3 Å². The topological polar surface area (TPSA) is 119 Å². The van der Waals surface area contributed by atoms with Crippen molar-refractivity contribution in [3.05, 3.63) is 104 Å². The summed E-state index contributed by atoms with van der Waals surface area (Å²) in [5, 5.41) is 13.4. The van der Waals surface area contributed by atoms with Crippen molar-refractivity contribution >= 4 is 46.9 Å². The van der Waals surface area contributed by atoms with Crippen LogP contribution in [0.25, 0.3) is 6.08 Å². The molecule has 0 atom stereocenters. The smallest absolute Gasteiger partial charge is 0.335 e. The molecule has 0 unspecified atom stereocenters. The number of amides is 4. The minimum Gasteiger partial charge on any atom is -0.488 e. The number of rotatable bonds is 6. The van der Waals surface area contributed by atoms with Crippen molar-refractivity contribution in [3.8, 4) is 5.75 Å². The summed E-state index contributed by atoms with van der Waals surface area (Å²) in [7, 11) is 0. The second kappa shape index (κ2) is 10.0. The first kappa shape index (κ1) is 24.6. The van der Waals surface area contributed by atoms with Crippen LogP contribution in [-0.4, -0.2) is 22.8 Å². The Morgan fingerprint density at radius 3 is 2.44 bits per heavy atom. The van der Waals surface area contributed by atoms with Gasteiger partial charge >= 0.3 is 6.03 Å². The molecule has 0 aliphatic carbocycles. The summed E-state index contributed by atoms with van der Waals surface area (Å²) < 4.78 is 5.86. The lowest BCUT2D eigenvalue weighted by Gasteiger charge is -2.28. The summed E-state index contributed by atoms with van der Waals surface area (Å²) in [5.74, 6) is -1.30. The van der Waals surface area contributed by atoms with Crippen molar-refractivity contribution in [3.63, 3.8) is 0 Å². The molecule has 4 amide bonds. The van der Waals surface area contributed by atoms with Crippen LogP contribution in [0.1, 0.15) is 22.3 Å². The largest absolute Gasteiger partial charge is 0.488 e. The Balaban J connectivity index is 1.66. The van der Waals surface area contributed by atoms with E-state index in [0.29, 0.717) is 33.1 Å². The van der Waals surface area contributed by atoms with Crippen molar-refractivity contribution < 1.29 is 24.0 Å². The van der Waals surface area contributed by atoms with Gasteiger partial charge in [-0.15, -0.1) is 0 Å². The van der Waals surface area contributed by atoms with Gasteiger partial charge in [0.25, 0.3) is 17.5 Å². The Bertz CT molecular complexity index is 1430. The van der Waals surface area contributed by atoms with Crippen LogP contribution < -0.4 is 15.0 Å². The zero-order valence-corrected chi connectivity index (χ0v) is 20.0. The van der Waals surface area contributed by atoms with Gasteiger partial charge in [-0.1, -0.05) is 23.7 Å². The van der Waals surface area contributed by atoms with Crippen LogP contribution in [0.2, 0.25) is 5.02 Å². The number of carbonyl (C=O) groups is 3. The van der Waals surface area contributed by atoms with Crippen molar-refractivity contribution in [2.24, 2.45) is 0 Å². The molecule has 1 aliphatic rings. The zero-order chi connectivity index (χ0) is 26.0. The molecule has 182 valence electrons. The first-order valence-electron chi connectivity index (χ1n) is 10.8. The van der Waals surface area contributed by atoms with Crippen LogP contribution >= 0.6 is 11.6 Å². The number of nitrogens with zero attached hydrogens (tertiary/aromatic N) is 2. The fourth-order valence-corrected chi connectivity index (χ4v) is 3.81. The zero-order valence-electron chi connectivity index (χ0n) is 19.3. The maximum absolute atomic E-state index is 13.3. The first-order chi connectivity index (χ1) is 17.1. The van der Waals surface area contributed by atoms with E-state index in [4.69, 9.17) is 16.3 Å². The van der Waals surface area contributed by atoms with E-state index in [1.165, 1.54) is 24.3 Å². The van der Waals surface area contributed by atoms with Gasteiger partial charge in [-0.3, -0.25) is 25.0 Å². The SMILES string of the molecule is Cc1ccc(C)c(N2C(=O)NC(=O)/C(=C\c3cc(Cl)ccc3OCc3ccc([N+](=O)[O-])cc3)C2=O)c1. The van der Waals surface area contributed by atoms with E-state index in [9.17, 15) is 24.5 Å². The molecule has 36 heavy (non-hydrogen) atoms. The number of barbiturate groups is 1. The van der Waals surface area contributed by atoms with Gasteiger partial charge in [0.15, 0.2) is 0 Å². The van der Waals surface area contributed by atoms with Gasteiger partial charge < -0.3 is 4.74 Å². The predicted octanol–water partition coefficient (Wildman–Crippen LogP) is 5.11. The van der Waals surface area contributed by atoms with Gasteiger partial charge in [0.05, 0.1) is 10.6 Å². The molecule has 1 N–H and O–H groups in total. The number of non-ortho nitro benzene ring substituents is 1. The van der Waals surface area contributed by atoms with E-state index < -0.39 is 22.8 Å². The summed E-state index contributed by atoms with van der Waals surface area (Å²) in [4.78, 5) is 49.8. The fourth-order valence-electron chi connectivity index (χ4n) is 3.63. The molecule has 10 heteroatoms. The Morgan fingerprint density at radius 2 is 1.75 bits per heavy atom. The molecular formula is C26H20ClN3O6. The number of ether oxygens (including phenoxy) is 1. The Kier molecular flexibility index (Phi) is 6.84. The summed E-state index contributed by atoms with van der Waals surface area (Å²) in [6, 6.07) is 15.1. The Morgan fingerprint density at radius 1 is 1.03 bits per heavy atom. The molecule has 9 nitrogen and oxygen atoms in total. The number of nitro benzene ring substituents is 1. The summed E-state index contributed by atoms with van der Waals surface area (Å²) in [6.45, 7) is 3.66. The lowest BCUT2D eigenvalue weighted by molar-refractivity contribution is -0.384. The summed E-state index contributed by atoms with van der Waals surface area (Å²) >= 11 is 6.16. The molecule has 0 spiro atoms. The second-order valence-electron chi connectivity index (χ2n) is 8.14. The molecule has 0 aromatic heterocycles. The third-order valence-electron chi connectivity index (χ3n) is 5.52. The quantitative estimate of drug-likeness (QED) is 0.215. The number of benzene rings is 3. The molecule has 1 heterocycles. The molecule has 4 rings (SSSR count). The lowest BCUT2D eigenvalue weighted by Crippen LogP contribution is -2.54. The van der Waals surface area contributed by atoms with Gasteiger partial charge in [-0.05, 0) is 73.0 Å². The second-order valence-corrected chi connectivity index (χ2v) is 8.58. The highest BCUT2D eigenvalue weighted by molar-refractivity contribution is 6.39. The number of aryl methyl sites for hydroxylation is 2. The molecule has 1 aliphatic heterocycles. The van der Waals surface area contributed by atoms with Gasteiger partial charge in [0.1, 0.15) is 17.9 Å². The van der Waals surface area contributed by atoms with E-state index >= 15 is 0 Å². The normalized spacial score (nSPS) is 14.7. The number of hydrogen-bond acceptors (Lipinski definition) is 6. The van der Waals surface area contributed by atoms with E-state index in [1.807, 2.05) is 13.0 Å². The minimum atomic E-state index is -0.840. The number of urea groups is 1. The van der Waals surface area contributed by atoms with Crippen LogP contribution in [0, 0.1) is 24.0 Å². The monoisotopic (exact) mass is 505 g/mol. The minimum absolute atomic E-state index is 0.0413. The highest BCUT2D eigenvalue weighted by Gasteiger charge is 2.37. The van der Waals surface area contributed by atoms with Crippen molar-refractivity contribution in [2.75, 3.05) is 4.90 Å². The summed E-state index contributed by atoms with van der Waals surface area (Å²) in [6.07, 6.45) is 1.32. The highest BCUT2D eigenvalue weighted by Crippen LogP contribution is 2.30. The number of imide groups is 2. The van der Waals surface area contributed by atoms with Crippen molar-refractivity contribution in [1.29, 1.82) is 0 Å². The first-order valence-corrected chi connectivity index (χ1v) is 11.2. The number of anilines is 1. The molecule has 1 fully saturated rings. The van der Waals surface area contributed by atoms with Crippen LogP contribution in [-0.2, 0) is 16.2 Å². The highest BCUT2D eigenvalue weighted by atomic mass is 35.5. The van der Waals surface area contributed by atoms with Gasteiger partial charge in [-0.25, -0.2) is 9.69 Å². The van der Waals surface area contributed by atoms with Crippen molar-refractivity contribution in [2.45, 2.75) is 20.5 Å². The van der Waals surface area contributed by atoms with Crippen LogP contribution in [0.5, 0.6) is 5.75 Å². The average molecular weight is 506 g/mol. The molecule has 3 aromatic carbocycles. The van der Waals surface area contributed by atoms with E-state index in [2.05, 4.69) is 5.32 Å². The molecule has 0 bridgehead atoms. The third kappa shape index (κ3) is 5.11. The van der Waals surface area contributed by atoms with E-state index in [-0.39, 0.29) is 17.9 Å². The Labute approximate surface area is 211 Å². The number of hydrogen-bond donors (Lipinski definition) is 1. The van der Waals surface area contributed by atoms with Crippen LogP contribution in [0.4, 0.5) is 16.2 Å². The maximum Gasteiger partial charge on any atom is 0.335 e. The molecule has 0 radical (unpaired) electrons. The Hall–Kier alpha value is -4.50.